The molecule has 2 aromatic heterocycles. The number of carboxylic acids is 1. The normalized spacial score (nSPS) is 11.7. The molecule has 2 heterocycles. The highest BCUT2D eigenvalue weighted by Gasteiger charge is 2.24. The zero-order valence-electron chi connectivity index (χ0n) is 10.5. The summed E-state index contributed by atoms with van der Waals surface area (Å²) in [6, 6.07) is 0. The van der Waals surface area contributed by atoms with Gasteiger partial charge in [0.2, 0.25) is 0 Å². The van der Waals surface area contributed by atoms with E-state index in [4.69, 9.17) is 5.11 Å². The van der Waals surface area contributed by atoms with Crippen molar-refractivity contribution < 1.29 is 18.3 Å². The lowest BCUT2D eigenvalue weighted by atomic mass is 10.3. The highest BCUT2D eigenvalue weighted by atomic mass is 32.2. The Labute approximate surface area is 118 Å². The number of sulfonamides is 1. The third-order valence-electron chi connectivity index (χ3n) is 2.44. The number of carboxylic acid groups (broad SMARTS) is 1. The molecule has 108 valence electrons. The van der Waals surface area contributed by atoms with Gasteiger partial charge in [-0.05, 0) is 6.92 Å². The number of aromatic amines is 1. The molecule has 0 aliphatic rings. The maximum absolute atomic E-state index is 12.0. The molecular formula is C10H12N4O4S2. The van der Waals surface area contributed by atoms with Crippen molar-refractivity contribution in [1.82, 2.24) is 19.9 Å². The van der Waals surface area contributed by atoms with Gasteiger partial charge in [0.05, 0.1) is 16.9 Å². The molecule has 0 unspecified atom stereocenters. The molecule has 0 radical (unpaired) electrons. The predicted molar refractivity (Wildman–Crippen MR) is 71.3 cm³/mol. The second kappa shape index (κ2) is 5.69. The van der Waals surface area contributed by atoms with Crippen LogP contribution in [0.2, 0.25) is 0 Å². The number of nitrogens with one attached hydrogen (secondary N) is 2. The molecule has 0 atom stereocenters. The molecule has 0 aliphatic carbocycles. The molecule has 0 bridgehead atoms. The van der Waals surface area contributed by atoms with Gasteiger partial charge in [-0.2, -0.15) is 5.10 Å². The Kier molecular flexibility index (Phi) is 4.16. The van der Waals surface area contributed by atoms with Gasteiger partial charge in [0, 0.05) is 18.3 Å². The minimum absolute atomic E-state index is 0.129. The van der Waals surface area contributed by atoms with E-state index in [0.717, 1.165) is 16.9 Å². The molecule has 0 saturated carbocycles. The summed E-state index contributed by atoms with van der Waals surface area (Å²) in [5.41, 5.74) is 0.403. The number of aromatic carboxylic acids is 1. The fourth-order valence-electron chi connectivity index (χ4n) is 1.54. The van der Waals surface area contributed by atoms with Crippen LogP contribution in [0.4, 0.5) is 0 Å². The minimum atomic E-state index is -3.93. The molecule has 0 aromatic carbocycles. The summed E-state index contributed by atoms with van der Waals surface area (Å²) in [4.78, 5) is 15.1. The number of thiazole rings is 1. The number of hydrogen-bond donors (Lipinski definition) is 3. The summed E-state index contributed by atoms with van der Waals surface area (Å²) in [5.74, 6) is -1.35. The van der Waals surface area contributed by atoms with Crippen LogP contribution in [0.25, 0.3) is 0 Å². The van der Waals surface area contributed by atoms with Gasteiger partial charge in [0.15, 0.2) is 5.03 Å². The second-order valence-corrected chi connectivity index (χ2v) is 6.69. The Bertz CT molecular complexity index is 719. The number of aryl methyl sites for hydroxylation is 1. The standard InChI is InChI=1S/C10H12N4O4S2/c1-6-13-7(5-19-6)2-3-12-20(17,18)9-8(10(15)16)4-11-14-9/h4-5,12H,2-3H2,1H3,(H,11,14)(H,15,16). The van der Waals surface area contributed by atoms with Crippen LogP contribution >= 0.6 is 11.3 Å². The maximum atomic E-state index is 12.0. The third-order valence-corrected chi connectivity index (χ3v) is 4.70. The SMILES string of the molecule is Cc1nc(CCNS(=O)(=O)c2[nH]ncc2C(=O)O)cs1. The van der Waals surface area contributed by atoms with Crippen LogP contribution in [0.15, 0.2) is 16.6 Å². The molecule has 2 rings (SSSR count). The van der Waals surface area contributed by atoms with Gasteiger partial charge in [0.25, 0.3) is 10.0 Å². The van der Waals surface area contributed by atoms with Crippen LogP contribution in [0.5, 0.6) is 0 Å². The Balaban J connectivity index is 2.04. The van der Waals surface area contributed by atoms with Crippen LogP contribution < -0.4 is 4.72 Å². The fourth-order valence-corrected chi connectivity index (χ4v) is 3.30. The Morgan fingerprint density at radius 1 is 1.55 bits per heavy atom. The van der Waals surface area contributed by atoms with Gasteiger partial charge in [0.1, 0.15) is 5.56 Å². The molecule has 10 heteroatoms. The quantitative estimate of drug-likeness (QED) is 0.708. The van der Waals surface area contributed by atoms with E-state index in [1.54, 1.807) is 0 Å². The van der Waals surface area contributed by atoms with Crippen molar-refractivity contribution in [2.75, 3.05) is 6.54 Å². The smallest absolute Gasteiger partial charge is 0.340 e. The Morgan fingerprint density at radius 3 is 2.90 bits per heavy atom. The van der Waals surface area contributed by atoms with Gasteiger partial charge in [-0.1, -0.05) is 0 Å². The van der Waals surface area contributed by atoms with Crippen molar-refractivity contribution in [3.8, 4) is 0 Å². The second-order valence-electron chi connectivity index (χ2n) is 3.92. The van der Waals surface area contributed by atoms with Gasteiger partial charge in [-0.25, -0.2) is 22.9 Å². The molecule has 3 N–H and O–H groups in total. The van der Waals surface area contributed by atoms with Crippen molar-refractivity contribution in [2.45, 2.75) is 18.4 Å². The van der Waals surface area contributed by atoms with Crippen molar-refractivity contribution in [3.05, 3.63) is 27.8 Å². The molecule has 0 aliphatic heterocycles. The first kappa shape index (κ1) is 14.6. The minimum Gasteiger partial charge on any atom is -0.478 e. The van der Waals surface area contributed by atoms with E-state index < -0.39 is 21.0 Å². The van der Waals surface area contributed by atoms with Crippen LogP contribution in [0.1, 0.15) is 21.1 Å². The average Bonchev–Trinajstić information content (AvgIpc) is 2.97. The van der Waals surface area contributed by atoms with Crippen LogP contribution in [-0.2, 0) is 16.4 Å². The molecule has 0 saturated heterocycles. The van der Waals surface area contributed by atoms with E-state index in [0.29, 0.717) is 6.42 Å². The number of H-pyrrole nitrogens is 1. The number of aromatic nitrogens is 3. The number of rotatable bonds is 6. The van der Waals surface area contributed by atoms with E-state index in [9.17, 15) is 13.2 Å². The molecule has 0 spiro atoms. The van der Waals surface area contributed by atoms with Crippen LogP contribution in [0, 0.1) is 6.92 Å². The van der Waals surface area contributed by atoms with E-state index in [2.05, 4.69) is 19.9 Å². The predicted octanol–water partition coefficient (Wildman–Crippen LogP) is 0.394. The van der Waals surface area contributed by atoms with Gasteiger partial charge < -0.3 is 5.11 Å². The summed E-state index contributed by atoms with van der Waals surface area (Å²) in [6.07, 6.45) is 1.39. The molecule has 0 amide bonds. The number of hydrogen-bond acceptors (Lipinski definition) is 6. The maximum Gasteiger partial charge on any atom is 0.340 e. The monoisotopic (exact) mass is 316 g/mol. The largest absolute Gasteiger partial charge is 0.478 e. The number of nitrogens with zero attached hydrogens (tertiary/aromatic N) is 2. The third kappa shape index (κ3) is 3.21. The summed E-state index contributed by atoms with van der Waals surface area (Å²) in [5, 5.41) is 16.8. The van der Waals surface area contributed by atoms with E-state index in [-0.39, 0.29) is 12.1 Å². The first-order valence-electron chi connectivity index (χ1n) is 5.57. The topological polar surface area (TPSA) is 125 Å². The summed E-state index contributed by atoms with van der Waals surface area (Å²) >= 11 is 1.48. The van der Waals surface area contributed by atoms with Crippen molar-refractivity contribution in [1.29, 1.82) is 0 Å². The fraction of sp³-hybridized carbons (Fsp3) is 0.300. The average molecular weight is 316 g/mol. The Morgan fingerprint density at radius 2 is 2.30 bits per heavy atom. The lowest BCUT2D eigenvalue weighted by Crippen LogP contribution is -2.27. The highest BCUT2D eigenvalue weighted by Crippen LogP contribution is 2.12. The zero-order chi connectivity index (χ0) is 14.8. The van der Waals surface area contributed by atoms with E-state index in [1.807, 2.05) is 12.3 Å². The first-order chi connectivity index (χ1) is 9.40. The van der Waals surface area contributed by atoms with Crippen LogP contribution in [-0.4, -0.2) is 41.2 Å². The van der Waals surface area contributed by atoms with Crippen molar-refractivity contribution in [2.24, 2.45) is 0 Å². The highest BCUT2D eigenvalue weighted by molar-refractivity contribution is 7.89. The summed E-state index contributed by atoms with van der Waals surface area (Å²) < 4.78 is 26.2. The summed E-state index contributed by atoms with van der Waals surface area (Å²) in [7, 11) is -3.93. The Hall–Kier alpha value is -1.78. The molecule has 2 aromatic rings. The molecule has 0 fully saturated rings. The molecule has 8 nitrogen and oxygen atoms in total. The van der Waals surface area contributed by atoms with Gasteiger partial charge in [-0.3, -0.25) is 5.10 Å². The molecule has 20 heavy (non-hydrogen) atoms. The van der Waals surface area contributed by atoms with Crippen LogP contribution in [0.3, 0.4) is 0 Å². The van der Waals surface area contributed by atoms with Crippen molar-refractivity contribution in [3.63, 3.8) is 0 Å². The molecular weight excluding hydrogens is 304 g/mol. The summed E-state index contributed by atoms with van der Waals surface area (Å²) in [6.45, 7) is 1.99. The lowest BCUT2D eigenvalue weighted by molar-refractivity contribution is 0.0692. The van der Waals surface area contributed by atoms with E-state index >= 15 is 0 Å². The van der Waals surface area contributed by atoms with Gasteiger partial charge >= 0.3 is 5.97 Å². The zero-order valence-corrected chi connectivity index (χ0v) is 12.1. The van der Waals surface area contributed by atoms with Crippen molar-refractivity contribution >= 4 is 27.3 Å². The van der Waals surface area contributed by atoms with E-state index in [1.165, 1.54) is 11.3 Å². The first-order valence-corrected chi connectivity index (χ1v) is 7.94. The lowest BCUT2D eigenvalue weighted by Gasteiger charge is -2.04. The number of carbonyl (C=O) groups is 1. The van der Waals surface area contributed by atoms with Gasteiger partial charge in [-0.15, -0.1) is 11.3 Å².